The van der Waals surface area contributed by atoms with Crippen LogP contribution in [-0.2, 0) is 14.4 Å². The largest absolute Gasteiger partial charge is 0.490 e. The summed E-state index contributed by atoms with van der Waals surface area (Å²) in [6, 6.07) is 6.87. The molecule has 4 N–H and O–H groups in total. The Morgan fingerprint density at radius 1 is 1.15 bits per heavy atom. The lowest BCUT2D eigenvalue weighted by Crippen LogP contribution is -2.45. The van der Waals surface area contributed by atoms with Gasteiger partial charge in [-0.3, -0.25) is 14.4 Å². The third kappa shape index (κ3) is 5.76. The van der Waals surface area contributed by atoms with Crippen LogP contribution in [0.2, 0.25) is 0 Å². The minimum atomic E-state index is -0.669. The molecule has 3 amide bonds. The van der Waals surface area contributed by atoms with Crippen LogP contribution in [0.4, 0.5) is 5.69 Å². The predicted molar refractivity (Wildman–Crippen MR) is 124 cm³/mol. The lowest BCUT2D eigenvalue weighted by molar-refractivity contribution is -0.127. The number of nitrogens with one attached hydrogen (secondary N) is 2. The Bertz CT molecular complexity index is 1010. The molecule has 0 aromatic heterocycles. The number of primary amides is 1. The molecule has 10 nitrogen and oxygen atoms in total. The number of amidine groups is 1. The number of ether oxygens (including phenoxy) is 1. The van der Waals surface area contributed by atoms with Gasteiger partial charge in [-0.25, -0.2) is 0 Å². The van der Waals surface area contributed by atoms with Gasteiger partial charge in [-0.15, -0.1) is 10.2 Å². The molecule has 1 unspecified atom stereocenters. The Kier molecular flexibility index (Phi) is 6.71. The Morgan fingerprint density at radius 3 is 2.58 bits per heavy atom. The zero-order valence-electron chi connectivity index (χ0n) is 18.3. The summed E-state index contributed by atoms with van der Waals surface area (Å²) in [6.45, 7) is 4.79. The minimum absolute atomic E-state index is 0.00270. The molecule has 1 aromatic rings. The highest BCUT2D eigenvalue weighted by atomic mass is 16.5. The molecule has 2 fully saturated rings. The van der Waals surface area contributed by atoms with E-state index in [0.29, 0.717) is 24.7 Å². The number of carbonyl (C=O) groups is 3. The van der Waals surface area contributed by atoms with Crippen molar-refractivity contribution in [2.45, 2.75) is 44.2 Å². The van der Waals surface area contributed by atoms with E-state index >= 15 is 0 Å². The van der Waals surface area contributed by atoms with E-state index in [1.807, 2.05) is 24.3 Å². The fourth-order valence-electron chi connectivity index (χ4n) is 3.90. The van der Waals surface area contributed by atoms with E-state index in [4.69, 9.17) is 10.5 Å². The fourth-order valence-corrected chi connectivity index (χ4v) is 3.90. The normalized spacial score (nSPS) is 20.8. The van der Waals surface area contributed by atoms with Crippen LogP contribution in [0, 0.1) is 5.92 Å². The second-order valence-electron chi connectivity index (χ2n) is 8.44. The molecule has 1 aliphatic carbocycles. The number of rotatable bonds is 7. The van der Waals surface area contributed by atoms with E-state index in [9.17, 15) is 14.4 Å². The van der Waals surface area contributed by atoms with Gasteiger partial charge < -0.3 is 26.0 Å². The number of hydrogen-bond acceptors (Lipinski definition) is 7. The van der Waals surface area contributed by atoms with Crippen LogP contribution >= 0.6 is 0 Å². The first-order valence-electron chi connectivity index (χ1n) is 11.1. The summed E-state index contributed by atoms with van der Waals surface area (Å²) in [5.41, 5.74) is 6.31. The van der Waals surface area contributed by atoms with Crippen LogP contribution < -0.4 is 21.1 Å². The van der Waals surface area contributed by atoms with E-state index in [-0.39, 0.29) is 36.0 Å². The van der Waals surface area contributed by atoms with Gasteiger partial charge in [0.05, 0.1) is 6.04 Å². The van der Waals surface area contributed by atoms with Crippen molar-refractivity contribution in [2.24, 2.45) is 21.9 Å². The average Bonchev–Trinajstić information content (AvgIpc) is 3.65. The quantitative estimate of drug-likeness (QED) is 0.534. The highest BCUT2D eigenvalue weighted by Gasteiger charge is 2.33. The number of piperidine rings is 1. The Balaban J connectivity index is 1.37. The van der Waals surface area contributed by atoms with Crippen LogP contribution in [0.5, 0.6) is 5.75 Å². The number of likely N-dealkylation sites (tertiary alicyclic amines) is 1. The molecule has 0 radical (unpaired) electrons. The monoisotopic (exact) mass is 452 g/mol. The van der Waals surface area contributed by atoms with Crippen molar-refractivity contribution in [3.05, 3.63) is 36.9 Å². The van der Waals surface area contributed by atoms with Gasteiger partial charge in [-0.1, -0.05) is 12.6 Å². The standard InChI is InChI=1S/C23H28N6O4/c1-2-20(30)29-10-8-16(9-11-29)33-17-5-3-4-15(12-17)25-18-13-19(26-23(32)14-6-7-14)27-28-21(18)22(24)31/h2-5,12,14,16,18,25H,1,6-11,13H2,(H2,24,31)(H,26,27,32). The molecule has 2 heterocycles. The SMILES string of the molecule is C=CC(=O)N1CCC(Oc2cccc(NC3CC(NC(=O)C4CC4)=NN=C3C(N)=O)c2)CC1. The first kappa shape index (κ1) is 22.5. The number of anilines is 1. The van der Waals surface area contributed by atoms with E-state index in [0.717, 1.165) is 31.4 Å². The third-order valence-electron chi connectivity index (χ3n) is 5.88. The predicted octanol–water partition coefficient (Wildman–Crippen LogP) is 1.19. The lowest BCUT2D eigenvalue weighted by atomic mass is 10.0. The molecule has 1 saturated heterocycles. The summed E-state index contributed by atoms with van der Waals surface area (Å²) in [4.78, 5) is 37.4. The van der Waals surface area contributed by atoms with Gasteiger partial charge in [0.15, 0.2) is 0 Å². The zero-order valence-corrected chi connectivity index (χ0v) is 18.3. The van der Waals surface area contributed by atoms with Gasteiger partial charge in [-0.2, -0.15) is 0 Å². The molecule has 3 aliphatic rings. The molecule has 174 valence electrons. The van der Waals surface area contributed by atoms with Crippen LogP contribution in [0.15, 0.2) is 47.1 Å². The van der Waals surface area contributed by atoms with Crippen molar-refractivity contribution in [1.82, 2.24) is 10.2 Å². The minimum Gasteiger partial charge on any atom is -0.490 e. The third-order valence-corrected chi connectivity index (χ3v) is 5.88. The van der Waals surface area contributed by atoms with Gasteiger partial charge in [0, 0.05) is 50.0 Å². The summed E-state index contributed by atoms with van der Waals surface area (Å²) in [5.74, 6) is 0.324. The number of nitrogens with zero attached hydrogens (tertiary/aromatic N) is 3. The highest BCUT2D eigenvalue weighted by molar-refractivity contribution is 6.41. The van der Waals surface area contributed by atoms with Crippen LogP contribution in [0.25, 0.3) is 0 Å². The van der Waals surface area contributed by atoms with Gasteiger partial charge in [0.2, 0.25) is 11.8 Å². The van der Waals surface area contributed by atoms with E-state index < -0.39 is 11.9 Å². The molecule has 1 saturated carbocycles. The fraction of sp³-hybridized carbons (Fsp3) is 0.435. The van der Waals surface area contributed by atoms with Crippen molar-refractivity contribution in [3.63, 3.8) is 0 Å². The van der Waals surface area contributed by atoms with Crippen molar-refractivity contribution < 1.29 is 19.1 Å². The number of benzene rings is 1. The first-order valence-corrected chi connectivity index (χ1v) is 11.1. The number of amides is 3. The molecular weight excluding hydrogens is 424 g/mol. The molecule has 1 atom stereocenters. The molecule has 0 bridgehead atoms. The summed E-state index contributed by atoms with van der Waals surface area (Å²) >= 11 is 0. The van der Waals surface area contributed by atoms with Gasteiger partial charge in [-0.05, 0) is 31.1 Å². The summed E-state index contributed by atoms with van der Waals surface area (Å²) in [7, 11) is 0. The maximum atomic E-state index is 12.1. The second-order valence-corrected chi connectivity index (χ2v) is 8.44. The topological polar surface area (TPSA) is 138 Å². The van der Waals surface area contributed by atoms with Crippen LogP contribution in [0.1, 0.15) is 32.1 Å². The average molecular weight is 453 g/mol. The van der Waals surface area contributed by atoms with Gasteiger partial charge in [0.1, 0.15) is 23.4 Å². The molecule has 1 aromatic carbocycles. The summed E-state index contributed by atoms with van der Waals surface area (Å²) < 4.78 is 6.12. The number of hydrogen-bond donors (Lipinski definition) is 3. The Labute approximate surface area is 191 Å². The lowest BCUT2D eigenvalue weighted by Gasteiger charge is -2.31. The van der Waals surface area contributed by atoms with E-state index in [2.05, 4.69) is 27.4 Å². The van der Waals surface area contributed by atoms with Gasteiger partial charge in [0.25, 0.3) is 5.91 Å². The zero-order chi connectivity index (χ0) is 23.4. The van der Waals surface area contributed by atoms with Crippen molar-refractivity contribution in [1.29, 1.82) is 0 Å². The van der Waals surface area contributed by atoms with Crippen molar-refractivity contribution in [3.8, 4) is 5.75 Å². The molecule has 0 spiro atoms. The van der Waals surface area contributed by atoms with Gasteiger partial charge >= 0.3 is 0 Å². The molecule has 2 aliphatic heterocycles. The highest BCUT2D eigenvalue weighted by Crippen LogP contribution is 2.29. The number of carbonyl (C=O) groups excluding carboxylic acids is 3. The maximum absolute atomic E-state index is 12.1. The first-order chi connectivity index (χ1) is 15.9. The summed E-state index contributed by atoms with van der Waals surface area (Å²) in [5, 5.41) is 14.0. The number of nitrogens with two attached hydrogens (primary N) is 1. The van der Waals surface area contributed by atoms with Crippen molar-refractivity contribution >= 4 is 35.0 Å². The molecule has 33 heavy (non-hydrogen) atoms. The summed E-state index contributed by atoms with van der Waals surface area (Å²) in [6.07, 6.45) is 4.85. The maximum Gasteiger partial charge on any atom is 0.267 e. The van der Waals surface area contributed by atoms with E-state index in [1.165, 1.54) is 6.08 Å². The molecule has 10 heteroatoms. The van der Waals surface area contributed by atoms with E-state index in [1.54, 1.807) is 4.90 Å². The van der Waals surface area contributed by atoms with Crippen LogP contribution in [-0.4, -0.2) is 59.4 Å². The van der Waals surface area contributed by atoms with Crippen LogP contribution in [0.3, 0.4) is 0 Å². The Morgan fingerprint density at radius 2 is 1.91 bits per heavy atom. The molecule has 4 rings (SSSR count). The second kappa shape index (κ2) is 9.85. The molecular formula is C23H28N6O4. The Hall–Kier alpha value is -3.69. The smallest absolute Gasteiger partial charge is 0.267 e. The van der Waals surface area contributed by atoms with Crippen molar-refractivity contribution in [2.75, 3.05) is 18.4 Å².